The fourth-order valence-electron chi connectivity index (χ4n) is 6.22. The normalized spacial score (nSPS) is 35.7. The van der Waals surface area contributed by atoms with E-state index in [1.165, 1.54) is 17.2 Å². The van der Waals surface area contributed by atoms with Gasteiger partial charge in [-0.3, -0.25) is 18.0 Å². The van der Waals surface area contributed by atoms with Crippen LogP contribution in [0.5, 0.6) is 5.88 Å². The zero-order chi connectivity index (χ0) is 32.0. The van der Waals surface area contributed by atoms with E-state index in [0.717, 1.165) is 0 Å². The number of anilines is 1. The van der Waals surface area contributed by atoms with Gasteiger partial charge in [0.05, 0.1) is 32.5 Å². The van der Waals surface area contributed by atoms with Crippen LogP contribution in [-0.2, 0) is 32.0 Å². The van der Waals surface area contributed by atoms with Crippen molar-refractivity contribution >= 4 is 72.0 Å². The van der Waals surface area contributed by atoms with Crippen molar-refractivity contribution in [1.82, 2.24) is 43.4 Å². The standard InChI is InChI=1S/C23H25FN10O8P2S2/c24-14-17-13(41-22(14)34-9-29-15-18(25)27-7-28-19(15)34)6-40-43(36,45)39-5-11-10(4-38-44(37,46)42-17)3-12(11)33-8-30-16-20(35)31-23-26-1-2-32(23)21(16)33/h1-2,7-14,17,22H,3-6H2,(H,36,45)(H,37,46)(H2,25,27,28)(H,26,31,35)/t10-,11-,12-,13-,14-,17-,22-,43-,44-/m1/s1. The number of rotatable bonds is 2. The number of aromatic hydroxyl groups is 1. The molecule has 46 heavy (non-hydrogen) atoms. The van der Waals surface area contributed by atoms with Crippen molar-refractivity contribution in [3.63, 3.8) is 0 Å². The van der Waals surface area contributed by atoms with Gasteiger partial charge < -0.3 is 29.2 Å². The van der Waals surface area contributed by atoms with E-state index in [0.29, 0.717) is 12.1 Å². The summed E-state index contributed by atoms with van der Waals surface area (Å²) in [7, 11) is 0. The average Bonchev–Trinajstić information content (AvgIpc) is 3.78. The highest BCUT2D eigenvalue weighted by Gasteiger charge is 2.52. The molecule has 5 aromatic rings. The first-order valence-electron chi connectivity index (χ1n) is 13.9. The van der Waals surface area contributed by atoms with Gasteiger partial charge in [-0.2, -0.15) is 4.98 Å². The van der Waals surface area contributed by atoms with Gasteiger partial charge >= 0.3 is 13.6 Å². The van der Waals surface area contributed by atoms with Gasteiger partial charge in [0.15, 0.2) is 35.0 Å². The van der Waals surface area contributed by atoms with E-state index in [-0.39, 0.29) is 65.2 Å². The summed E-state index contributed by atoms with van der Waals surface area (Å²) >= 11 is 8.29. The lowest BCUT2D eigenvalue weighted by Crippen LogP contribution is -2.43. The Labute approximate surface area is 268 Å². The average molecular weight is 715 g/mol. The van der Waals surface area contributed by atoms with Crippen molar-refractivity contribution in [2.45, 2.75) is 37.1 Å². The van der Waals surface area contributed by atoms with Crippen LogP contribution in [0.15, 0.2) is 31.4 Å². The molecular weight excluding hydrogens is 689 g/mol. The summed E-state index contributed by atoms with van der Waals surface area (Å²) in [6.45, 7) is -8.94. The van der Waals surface area contributed by atoms with Crippen molar-refractivity contribution in [2.24, 2.45) is 11.8 Å². The minimum absolute atomic E-state index is 0.0867. The van der Waals surface area contributed by atoms with E-state index in [1.54, 1.807) is 23.1 Å². The highest BCUT2D eigenvalue weighted by molar-refractivity contribution is 8.44. The maximum absolute atomic E-state index is 16.1. The number of nitrogen functional groups attached to an aromatic ring is 1. The van der Waals surface area contributed by atoms with Gasteiger partial charge in [-0.1, -0.05) is 24.5 Å². The highest BCUT2D eigenvalue weighted by Crippen LogP contribution is 2.60. The quantitative estimate of drug-likeness (QED) is 0.153. The molecule has 244 valence electrons. The molecule has 3 fully saturated rings. The Hall–Kier alpha value is -2.87. The number of thiol groups is 2. The number of ether oxygens (including phenoxy) is 1. The lowest BCUT2D eigenvalue weighted by Gasteiger charge is -2.45. The van der Waals surface area contributed by atoms with Crippen LogP contribution in [0.25, 0.3) is 28.1 Å². The van der Waals surface area contributed by atoms with Gasteiger partial charge in [-0.05, 0) is 12.3 Å². The number of hydrogen-bond donors (Lipinski definition) is 4. The van der Waals surface area contributed by atoms with Crippen LogP contribution in [0, 0.1) is 11.8 Å². The summed E-state index contributed by atoms with van der Waals surface area (Å²) in [5, 5.41) is 10.4. The Morgan fingerprint density at radius 3 is 2.59 bits per heavy atom. The Kier molecular flexibility index (Phi) is 7.35. The summed E-state index contributed by atoms with van der Waals surface area (Å²) in [4.78, 5) is 24.7. The number of hydrogen-bond acceptors (Lipinski definition) is 15. The van der Waals surface area contributed by atoms with Crippen molar-refractivity contribution in [3.8, 4) is 5.88 Å². The first-order valence-corrected chi connectivity index (χ1v) is 19.3. The molecule has 0 spiro atoms. The van der Waals surface area contributed by atoms with Crippen molar-refractivity contribution in [1.29, 1.82) is 0 Å². The zero-order valence-electron chi connectivity index (χ0n) is 23.3. The van der Waals surface area contributed by atoms with Crippen LogP contribution < -0.4 is 5.73 Å². The second-order valence-corrected chi connectivity index (χ2v) is 16.9. The van der Waals surface area contributed by atoms with Gasteiger partial charge in [0, 0.05) is 24.4 Å². The predicted octanol–water partition coefficient (Wildman–Crippen LogP) is 3.14. The monoisotopic (exact) mass is 714 g/mol. The fraction of sp³-hybridized carbons (Fsp3) is 0.478. The van der Waals surface area contributed by atoms with Crippen LogP contribution >= 0.6 is 38.1 Å². The Bertz CT molecular complexity index is 2080. The molecule has 7 heterocycles. The molecule has 0 unspecified atom stereocenters. The fourth-order valence-corrected chi connectivity index (χ4v) is 8.91. The molecule has 1 aliphatic carbocycles. The van der Waals surface area contributed by atoms with E-state index in [1.807, 2.05) is 4.57 Å². The van der Waals surface area contributed by atoms with E-state index >= 15 is 4.39 Å². The molecule has 18 nitrogen and oxygen atoms in total. The minimum atomic E-state index is -4.18. The van der Waals surface area contributed by atoms with Gasteiger partial charge in [-0.15, -0.1) is 0 Å². The third kappa shape index (κ3) is 5.09. The predicted molar refractivity (Wildman–Crippen MR) is 163 cm³/mol. The number of fused-ring (bicyclic) bond motifs is 6. The van der Waals surface area contributed by atoms with Gasteiger partial charge in [0.2, 0.25) is 11.7 Å². The lowest BCUT2D eigenvalue weighted by atomic mass is 9.70. The number of halogens is 1. The summed E-state index contributed by atoms with van der Waals surface area (Å²) in [5.74, 6) is -0.579. The molecule has 0 amide bonds. The van der Waals surface area contributed by atoms with Crippen molar-refractivity contribution in [2.75, 3.05) is 25.6 Å². The molecule has 3 aliphatic rings. The zero-order valence-corrected chi connectivity index (χ0v) is 26.9. The van der Waals surface area contributed by atoms with Crippen LogP contribution in [0.3, 0.4) is 0 Å². The first-order chi connectivity index (χ1) is 22.0. The second-order valence-electron chi connectivity index (χ2n) is 11.1. The number of nitrogens with two attached hydrogens (primary N) is 1. The van der Waals surface area contributed by atoms with Crippen LogP contribution in [-0.4, -0.2) is 86.7 Å². The molecule has 0 radical (unpaired) electrons. The molecule has 2 aliphatic heterocycles. The molecule has 3 N–H and O–H groups in total. The molecule has 5 aromatic heterocycles. The Morgan fingerprint density at radius 1 is 0.978 bits per heavy atom. The summed E-state index contributed by atoms with van der Waals surface area (Å²) in [5.41, 5.74) is 7.09. The number of alkyl halides is 1. The third-order valence-electron chi connectivity index (χ3n) is 8.50. The van der Waals surface area contributed by atoms with E-state index in [2.05, 4.69) is 54.4 Å². The maximum atomic E-state index is 16.1. The minimum Gasteiger partial charge on any atom is -0.492 e. The van der Waals surface area contributed by atoms with Crippen molar-refractivity contribution in [3.05, 3.63) is 31.4 Å². The topological polar surface area (TPSA) is 218 Å². The first kappa shape index (κ1) is 30.5. The van der Waals surface area contributed by atoms with E-state index < -0.39 is 44.8 Å². The summed E-state index contributed by atoms with van der Waals surface area (Å²) < 4.78 is 76.2. The van der Waals surface area contributed by atoms with Crippen LogP contribution in [0.1, 0.15) is 18.7 Å². The molecule has 23 heteroatoms. The van der Waals surface area contributed by atoms with E-state index in [9.17, 15) is 14.2 Å². The molecular formula is C23H25FN10O8P2S2. The van der Waals surface area contributed by atoms with Crippen LogP contribution in [0.4, 0.5) is 10.2 Å². The largest absolute Gasteiger partial charge is 0.492 e. The van der Waals surface area contributed by atoms with E-state index in [4.69, 9.17) is 28.6 Å². The summed E-state index contributed by atoms with van der Waals surface area (Å²) in [6.07, 6.45) is 1.66. The molecule has 2 saturated heterocycles. The maximum Gasteiger partial charge on any atom is 0.386 e. The van der Waals surface area contributed by atoms with Gasteiger partial charge in [-0.25, -0.2) is 38.4 Å². The highest BCUT2D eigenvalue weighted by atomic mass is 32.7. The van der Waals surface area contributed by atoms with Gasteiger partial charge in [0.25, 0.3) is 0 Å². The van der Waals surface area contributed by atoms with Crippen molar-refractivity contribution < 1.29 is 41.5 Å². The second kappa shape index (κ2) is 11.1. The van der Waals surface area contributed by atoms with Crippen LogP contribution in [0.2, 0.25) is 0 Å². The number of nitrogens with zero attached hydrogens (tertiary/aromatic N) is 9. The molecule has 1 saturated carbocycles. The molecule has 8 rings (SSSR count). The molecule has 0 bridgehead atoms. The number of aromatic nitrogens is 9. The Balaban J connectivity index is 1.07. The summed E-state index contributed by atoms with van der Waals surface area (Å²) in [6, 6.07) is -0.286. The number of imidazole rings is 3. The Morgan fingerprint density at radius 2 is 1.74 bits per heavy atom. The SMILES string of the molecule is Nc1ncnc2c1ncn2[C@@H]1O[C@@H]2CO[P@](=O)(S)OC[C@@H]3[C@@H](CO[P@@](=O)(S)O[C@H]2[C@H]1F)C[C@H]3n1cnc2c(O)nc3nccn3c21. The lowest BCUT2D eigenvalue weighted by molar-refractivity contribution is -0.0408. The molecule has 9 atom stereocenters. The third-order valence-corrected chi connectivity index (χ3v) is 11.8. The smallest absolute Gasteiger partial charge is 0.386 e. The molecule has 0 aromatic carbocycles. The van der Waals surface area contributed by atoms with Gasteiger partial charge in [0.1, 0.15) is 24.1 Å².